The van der Waals surface area contributed by atoms with Crippen molar-refractivity contribution >= 4 is 35.0 Å². The highest BCUT2D eigenvalue weighted by Gasteiger charge is 2.27. The number of hydrogen-bond acceptors (Lipinski definition) is 6. The third kappa shape index (κ3) is 6.27. The lowest BCUT2D eigenvalue weighted by Crippen LogP contribution is -2.50. The molecule has 2 aliphatic rings. The molecule has 4 N–H and O–H groups in total. The van der Waals surface area contributed by atoms with Crippen LogP contribution in [0.25, 0.3) is 0 Å². The van der Waals surface area contributed by atoms with Crippen LogP contribution in [0.3, 0.4) is 0 Å². The summed E-state index contributed by atoms with van der Waals surface area (Å²) in [5.74, 6) is -0.482. The molecule has 3 amide bonds. The zero-order valence-electron chi connectivity index (χ0n) is 21.4. The summed E-state index contributed by atoms with van der Waals surface area (Å²) >= 11 is 0. The van der Waals surface area contributed by atoms with Crippen molar-refractivity contribution in [2.45, 2.75) is 52.2 Å². The van der Waals surface area contributed by atoms with Crippen LogP contribution in [0.1, 0.15) is 59.9 Å². The van der Waals surface area contributed by atoms with Gasteiger partial charge in [0.05, 0.1) is 5.56 Å². The normalized spacial score (nSPS) is 15.9. The molecule has 1 saturated carbocycles. The number of anilines is 3. The minimum absolute atomic E-state index is 0.139. The molecule has 9 nitrogen and oxygen atoms in total. The minimum atomic E-state index is -0.535. The minimum Gasteiger partial charge on any atom is -0.444 e. The molecule has 1 heterocycles. The molecule has 4 rings (SSSR count). The van der Waals surface area contributed by atoms with Crippen LogP contribution in [-0.4, -0.2) is 60.6 Å². The molecule has 0 atom stereocenters. The Bertz CT molecular complexity index is 1160. The van der Waals surface area contributed by atoms with Crippen LogP contribution in [0.4, 0.5) is 21.9 Å². The Morgan fingerprint density at radius 2 is 1.67 bits per heavy atom. The van der Waals surface area contributed by atoms with Gasteiger partial charge in [-0.2, -0.15) is 0 Å². The van der Waals surface area contributed by atoms with Crippen LogP contribution in [-0.2, 0) is 4.74 Å². The number of nitrogens with zero attached hydrogens (tertiary/aromatic N) is 2. The number of carbonyl (C=O) groups excluding carboxylic acids is 3. The number of nitrogens with two attached hydrogens (primary N) is 1. The predicted octanol–water partition coefficient (Wildman–Crippen LogP) is 3.78. The van der Waals surface area contributed by atoms with Crippen molar-refractivity contribution in [1.82, 2.24) is 10.2 Å². The van der Waals surface area contributed by atoms with Gasteiger partial charge in [-0.05, 0) is 76.4 Å². The highest BCUT2D eigenvalue weighted by atomic mass is 16.6. The highest BCUT2D eigenvalue weighted by molar-refractivity contribution is 6.09. The van der Waals surface area contributed by atoms with Crippen molar-refractivity contribution in [2.24, 2.45) is 0 Å². The number of nitrogen functional groups attached to an aromatic ring is 1. The van der Waals surface area contributed by atoms with E-state index in [1.54, 1.807) is 29.2 Å². The van der Waals surface area contributed by atoms with Crippen LogP contribution in [0.5, 0.6) is 0 Å². The fourth-order valence-electron chi connectivity index (χ4n) is 4.00. The standard InChI is InChI=1S/C27H35N5O4/c1-17-5-6-18(24(33)29-19-7-8-19)15-23(17)30-25(34)21-16-20(9-10-22(21)28)31-11-13-32(14-12-31)26(35)36-27(2,3)4/h5-6,9-10,15-16,19H,7-8,11-14,28H2,1-4H3,(H,29,33)(H,30,34). The molecule has 2 aromatic carbocycles. The first kappa shape index (κ1) is 25.3. The SMILES string of the molecule is Cc1ccc(C(=O)NC2CC2)cc1NC(=O)c1cc(N2CCN(C(=O)OC(C)(C)C)CC2)ccc1N. The Kier molecular flexibility index (Phi) is 7.10. The zero-order valence-corrected chi connectivity index (χ0v) is 21.4. The third-order valence-corrected chi connectivity index (χ3v) is 6.24. The average Bonchev–Trinajstić information content (AvgIpc) is 3.63. The summed E-state index contributed by atoms with van der Waals surface area (Å²) in [6, 6.07) is 10.9. The Labute approximate surface area is 212 Å². The molecule has 0 spiro atoms. The molecule has 36 heavy (non-hydrogen) atoms. The van der Waals surface area contributed by atoms with Crippen LogP contribution in [0.2, 0.25) is 0 Å². The van der Waals surface area contributed by atoms with Crippen molar-refractivity contribution in [1.29, 1.82) is 0 Å². The molecule has 192 valence electrons. The highest BCUT2D eigenvalue weighted by Crippen LogP contribution is 2.26. The zero-order chi connectivity index (χ0) is 26.0. The van der Waals surface area contributed by atoms with Gasteiger partial charge in [-0.3, -0.25) is 9.59 Å². The lowest BCUT2D eigenvalue weighted by atomic mass is 10.1. The molecule has 2 fully saturated rings. The Morgan fingerprint density at radius 1 is 0.972 bits per heavy atom. The summed E-state index contributed by atoms with van der Waals surface area (Å²) in [5, 5.41) is 5.88. The number of hydrogen-bond donors (Lipinski definition) is 3. The monoisotopic (exact) mass is 493 g/mol. The van der Waals surface area contributed by atoms with E-state index in [0.717, 1.165) is 24.1 Å². The number of nitrogens with one attached hydrogen (secondary N) is 2. The van der Waals surface area contributed by atoms with E-state index in [1.807, 2.05) is 39.8 Å². The van der Waals surface area contributed by atoms with Crippen molar-refractivity contribution in [3.8, 4) is 0 Å². The topological polar surface area (TPSA) is 117 Å². The molecular weight excluding hydrogens is 458 g/mol. The van der Waals surface area contributed by atoms with E-state index in [2.05, 4.69) is 15.5 Å². The smallest absolute Gasteiger partial charge is 0.410 e. The largest absolute Gasteiger partial charge is 0.444 e. The Balaban J connectivity index is 1.43. The van der Waals surface area contributed by atoms with E-state index in [-0.39, 0.29) is 23.9 Å². The second-order valence-corrected chi connectivity index (χ2v) is 10.5. The van der Waals surface area contributed by atoms with Crippen LogP contribution in [0.15, 0.2) is 36.4 Å². The number of amides is 3. The summed E-state index contributed by atoms with van der Waals surface area (Å²) in [6.07, 6.45) is 1.70. The van der Waals surface area contributed by atoms with E-state index >= 15 is 0 Å². The lowest BCUT2D eigenvalue weighted by Gasteiger charge is -2.37. The van der Waals surface area contributed by atoms with Crippen molar-refractivity contribution in [3.63, 3.8) is 0 Å². The summed E-state index contributed by atoms with van der Waals surface area (Å²) in [7, 11) is 0. The van der Waals surface area contributed by atoms with Gasteiger partial charge >= 0.3 is 6.09 Å². The first-order valence-corrected chi connectivity index (χ1v) is 12.4. The quantitative estimate of drug-likeness (QED) is 0.546. The van der Waals surface area contributed by atoms with E-state index in [1.165, 1.54) is 0 Å². The van der Waals surface area contributed by atoms with E-state index in [4.69, 9.17) is 10.5 Å². The molecule has 0 aromatic heterocycles. The Morgan fingerprint density at radius 3 is 2.31 bits per heavy atom. The number of benzene rings is 2. The maximum absolute atomic E-state index is 13.2. The molecule has 1 aliphatic heterocycles. The number of carbonyl (C=O) groups is 3. The van der Waals surface area contributed by atoms with Gasteiger partial charge in [0.2, 0.25) is 0 Å². The van der Waals surface area contributed by atoms with Gasteiger partial charge in [0.1, 0.15) is 5.60 Å². The van der Waals surface area contributed by atoms with Crippen LogP contribution < -0.4 is 21.3 Å². The lowest BCUT2D eigenvalue weighted by molar-refractivity contribution is 0.0240. The van der Waals surface area contributed by atoms with Crippen LogP contribution >= 0.6 is 0 Å². The summed E-state index contributed by atoms with van der Waals surface area (Å²) in [6.45, 7) is 9.70. The van der Waals surface area contributed by atoms with Crippen molar-refractivity contribution in [2.75, 3.05) is 42.1 Å². The molecule has 0 bridgehead atoms. The van der Waals surface area contributed by atoms with E-state index < -0.39 is 5.60 Å². The van der Waals surface area contributed by atoms with Gasteiger partial charge < -0.3 is 30.9 Å². The molecule has 1 saturated heterocycles. The summed E-state index contributed by atoms with van der Waals surface area (Å²) in [5.41, 5.74) is 9.12. The molecule has 1 aliphatic carbocycles. The predicted molar refractivity (Wildman–Crippen MR) is 140 cm³/mol. The second-order valence-electron chi connectivity index (χ2n) is 10.5. The average molecular weight is 494 g/mol. The van der Waals surface area contributed by atoms with Gasteiger partial charge in [-0.15, -0.1) is 0 Å². The van der Waals surface area contributed by atoms with Gasteiger partial charge in [0.25, 0.3) is 11.8 Å². The molecule has 0 radical (unpaired) electrons. The summed E-state index contributed by atoms with van der Waals surface area (Å²) < 4.78 is 5.47. The first-order chi connectivity index (χ1) is 17.0. The number of piperazine rings is 1. The fourth-order valence-corrected chi connectivity index (χ4v) is 4.00. The summed E-state index contributed by atoms with van der Waals surface area (Å²) in [4.78, 5) is 41.8. The van der Waals surface area contributed by atoms with E-state index in [9.17, 15) is 14.4 Å². The number of ether oxygens (including phenoxy) is 1. The number of aryl methyl sites for hydroxylation is 1. The maximum atomic E-state index is 13.2. The fraction of sp³-hybridized carbons (Fsp3) is 0.444. The van der Waals surface area contributed by atoms with Crippen molar-refractivity contribution < 1.29 is 19.1 Å². The second kappa shape index (κ2) is 10.1. The Hall–Kier alpha value is -3.75. The van der Waals surface area contributed by atoms with E-state index in [0.29, 0.717) is 48.7 Å². The molecular formula is C27H35N5O4. The third-order valence-electron chi connectivity index (χ3n) is 6.24. The first-order valence-electron chi connectivity index (χ1n) is 12.4. The molecule has 0 unspecified atom stereocenters. The van der Waals surface area contributed by atoms with Crippen molar-refractivity contribution in [3.05, 3.63) is 53.1 Å². The van der Waals surface area contributed by atoms with Gasteiger partial charge in [-0.25, -0.2) is 4.79 Å². The van der Waals surface area contributed by atoms with Crippen LogP contribution in [0, 0.1) is 6.92 Å². The van der Waals surface area contributed by atoms with Gasteiger partial charge in [-0.1, -0.05) is 6.07 Å². The van der Waals surface area contributed by atoms with Gasteiger partial charge in [0, 0.05) is 54.8 Å². The molecule has 9 heteroatoms. The maximum Gasteiger partial charge on any atom is 0.410 e. The number of rotatable bonds is 5. The molecule has 2 aromatic rings. The van der Waals surface area contributed by atoms with Gasteiger partial charge in [0.15, 0.2) is 0 Å².